The van der Waals surface area contributed by atoms with Gasteiger partial charge >= 0.3 is 0 Å². The minimum atomic E-state index is -0.150. The molecule has 9 nitrogen and oxygen atoms in total. The number of ether oxygens (including phenoxy) is 2. The number of para-hydroxylation sites is 1. The van der Waals surface area contributed by atoms with Crippen molar-refractivity contribution in [3.63, 3.8) is 0 Å². The van der Waals surface area contributed by atoms with Crippen molar-refractivity contribution in [2.45, 2.75) is 25.9 Å². The van der Waals surface area contributed by atoms with E-state index in [1.807, 2.05) is 12.1 Å². The molecule has 1 aliphatic heterocycles. The third-order valence-corrected chi connectivity index (χ3v) is 5.49. The van der Waals surface area contributed by atoms with Crippen LogP contribution in [0.25, 0.3) is 0 Å². The topological polar surface area (TPSA) is 94.6 Å². The molecule has 4 rings (SSSR count). The molecule has 1 aromatic carbocycles. The highest BCUT2D eigenvalue weighted by atomic mass is 16.5. The van der Waals surface area contributed by atoms with Crippen LogP contribution < -0.4 is 14.8 Å². The minimum absolute atomic E-state index is 0.150. The fourth-order valence-corrected chi connectivity index (χ4v) is 3.87. The molecule has 9 heteroatoms. The van der Waals surface area contributed by atoms with E-state index in [1.54, 1.807) is 20.3 Å². The van der Waals surface area contributed by atoms with Gasteiger partial charge < -0.3 is 23.8 Å². The molecule has 0 radical (unpaired) electrons. The Labute approximate surface area is 181 Å². The number of hydrogen-bond acceptors (Lipinski definition) is 7. The molecule has 0 unspecified atom stereocenters. The number of methoxy groups -OCH3 is 2. The van der Waals surface area contributed by atoms with Crippen LogP contribution in [-0.4, -0.2) is 59.4 Å². The predicted octanol–water partition coefficient (Wildman–Crippen LogP) is 1.92. The second-order valence-corrected chi connectivity index (χ2v) is 7.38. The van der Waals surface area contributed by atoms with Gasteiger partial charge in [0.1, 0.15) is 17.9 Å². The molecule has 31 heavy (non-hydrogen) atoms. The van der Waals surface area contributed by atoms with E-state index in [-0.39, 0.29) is 5.91 Å². The number of nitrogens with one attached hydrogen (secondary N) is 1. The fraction of sp³-hybridized carbons (Fsp3) is 0.409. The van der Waals surface area contributed by atoms with Gasteiger partial charge in [-0.1, -0.05) is 12.1 Å². The van der Waals surface area contributed by atoms with Gasteiger partial charge in [0, 0.05) is 51.1 Å². The summed E-state index contributed by atoms with van der Waals surface area (Å²) in [6, 6.07) is 7.61. The van der Waals surface area contributed by atoms with Gasteiger partial charge in [0.15, 0.2) is 11.5 Å². The standard InChI is InChI=1S/C22H27N5O4/c1-29-18-5-3-4-16(21(18)30-2)14-26-10-7-20-25-24-19(27(20)12-11-26)6-9-23-22(28)17-8-13-31-15-17/h3-5,8,13,15H,6-7,9-12,14H2,1-2H3,(H,23,28). The van der Waals surface area contributed by atoms with E-state index in [9.17, 15) is 4.79 Å². The van der Waals surface area contributed by atoms with Gasteiger partial charge in [-0.25, -0.2) is 0 Å². The van der Waals surface area contributed by atoms with Gasteiger partial charge in [-0.15, -0.1) is 10.2 Å². The summed E-state index contributed by atoms with van der Waals surface area (Å²) in [5, 5.41) is 11.6. The minimum Gasteiger partial charge on any atom is -0.493 e. The third kappa shape index (κ3) is 4.72. The Balaban J connectivity index is 1.35. The Kier molecular flexibility index (Phi) is 6.51. The van der Waals surface area contributed by atoms with Crippen LogP contribution in [0.2, 0.25) is 0 Å². The van der Waals surface area contributed by atoms with Crippen LogP contribution >= 0.6 is 0 Å². The van der Waals surface area contributed by atoms with Crippen LogP contribution in [-0.2, 0) is 25.9 Å². The average molecular weight is 425 g/mol. The zero-order valence-corrected chi connectivity index (χ0v) is 17.8. The molecule has 2 aromatic heterocycles. The van der Waals surface area contributed by atoms with Crippen molar-refractivity contribution in [2.75, 3.05) is 33.9 Å². The number of rotatable bonds is 8. The van der Waals surface area contributed by atoms with Crippen molar-refractivity contribution >= 4 is 5.91 Å². The molecular weight excluding hydrogens is 398 g/mol. The highest BCUT2D eigenvalue weighted by molar-refractivity contribution is 5.93. The smallest absolute Gasteiger partial charge is 0.254 e. The predicted molar refractivity (Wildman–Crippen MR) is 113 cm³/mol. The molecule has 0 spiro atoms. The van der Waals surface area contributed by atoms with Crippen molar-refractivity contribution in [1.29, 1.82) is 0 Å². The van der Waals surface area contributed by atoms with E-state index in [0.29, 0.717) is 18.5 Å². The monoisotopic (exact) mass is 425 g/mol. The number of amides is 1. The maximum Gasteiger partial charge on any atom is 0.254 e. The lowest BCUT2D eigenvalue weighted by molar-refractivity contribution is 0.0953. The summed E-state index contributed by atoms with van der Waals surface area (Å²) >= 11 is 0. The average Bonchev–Trinajstić information content (AvgIpc) is 3.41. The summed E-state index contributed by atoms with van der Waals surface area (Å²) in [4.78, 5) is 14.4. The van der Waals surface area contributed by atoms with Crippen LogP contribution in [0.5, 0.6) is 11.5 Å². The van der Waals surface area contributed by atoms with Crippen LogP contribution in [0.1, 0.15) is 27.6 Å². The molecular formula is C22H27N5O4. The lowest BCUT2D eigenvalue weighted by Gasteiger charge is -2.21. The SMILES string of the molecule is COc1cccc(CN2CCc3nnc(CCNC(=O)c4ccoc4)n3CC2)c1OC. The summed E-state index contributed by atoms with van der Waals surface area (Å²) in [6.07, 6.45) is 4.37. The molecule has 164 valence electrons. The normalized spacial score (nSPS) is 14.0. The van der Waals surface area contributed by atoms with Gasteiger partial charge in [-0.2, -0.15) is 0 Å². The van der Waals surface area contributed by atoms with Crippen molar-refractivity contribution in [2.24, 2.45) is 0 Å². The van der Waals surface area contributed by atoms with Gasteiger partial charge in [-0.3, -0.25) is 9.69 Å². The van der Waals surface area contributed by atoms with Crippen LogP contribution in [0.15, 0.2) is 41.2 Å². The first-order chi connectivity index (χ1) is 15.2. The summed E-state index contributed by atoms with van der Waals surface area (Å²) < 4.78 is 18.1. The van der Waals surface area contributed by atoms with Gasteiger partial charge in [-0.05, 0) is 12.1 Å². The number of fused-ring (bicyclic) bond motifs is 1. The Bertz CT molecular complexity index is 1020. The summed E-state index contributed by atoms with van der Waals surface area (Å²) in [5.74, 6) is 3.25. The highest BCUT2D eigenvalue weighted by Crippen LogP contribution is 2.31. The Morgan fingerprint density at radius 3 is 2.84 bits per heavy atom. The second-order valence-electron chi connectivity index (χ2n) is 7.38. The van der Waals surface area contributed by atoms with Gasteiger partial charge in [0.05, 0.1) is 26.0 Å². The van der Waals surface area contributed by atoms with Crippen molar-refractivity contribution in [1.82, 2.24) is 25.0 Å². The molecule has 3 heterocycles. The number of benzene rings is 1. The quantitative estimate of drug-likeness (QED) is 0.589. The number of furan rings is 1. The van der Waals surface area contributed by atoms with E-state index < -0.39 is 0 Å². The molecule has 1 amide bonds. The van der Waals surface area contributed by atoms with E-state index in [4.69, 9.17) is 13.9 Å². The van der Waals surface area contributed by atoms with Gasteiger partial charge in [0.25, 0.3) is 5.91 Å². The van der Waals surface area contributed by atoms with Crippen molar-refractivity contribution in [3.05, 3.63) is 59.6 Å². The Morgan fingerprint density at radius 1 is 1.16 bits per heavy atom. The van der Waals surface area contributed by atoms with Crippen molar-refractivity contribution in [3.8, 4) is 11.5 Å². The zero-order chi connectivity index (χ0) is 21.6. The lowest BCUT2D eigenvalue weighted by Crippen LogP contribution is -2.28. The molecule has 0 saturated carbocycles. The molecule has 3 aromatic rings. The van der Waals surface area contributed by atoms with Gasteiger partial charge in [0.2, 0.25) is 0 Å². The number of nitrogens with zero attached hydrogens (tertiary/aromatic N) is 4. The first-order valence-corrected chi connectivity index (χ1v) is 10.3. The maximum absolute atomic E-state index is 12.1. The molecule has 1 aliphatic rings. The number of carbonyl (C=O) groups excluding carboxylic acids is 1. The highest BCUT2D eigenvalue weighted by Gasteiger charge is 2.20. The summed E-state index contributed by atoms with van der Waals surface area (Å²) in [6.45, 7) is 3.83. The molecule has 0 bridgehead atoms. The van der Waals surface area contributed by atoms with Crippen LogP contribution in [0.4, 0.5) is 0 Å². The number of hydrogen-bond donors (Lipinski definition) is 1. The maximum atomic E-state index is 12.1. The van der Waals surface area contributed by atoms with Crippen LogP contribution in [0, 0.1) is 0 Å². The third-order valence-electron chi connectivity index (χ3n) is 5.49. The molecule has 0 fully saturated rings. The molecule has 0 aliphatic carbocycles. The second kappa shape index (κ2) is 9.65. The van der Waals surface area contributed by atoms with Crippen LogP contribution in [0.3, 0.4) is 0 Å². The first kappa shape index (κ1) is 20.9. The zero-order valence-electron chi connectivity index (χ0n) is 17.8. The largest absolute Gasteiger partial charge is 0.493 e. The number of aromatic nitrogens is 3. The summed E-state index contributed by atoms with van der Waals surface area (Å²) in [7, 11) is 3.32. The molecule has 1 N–H and O–H groups in total. The number of carbonyl (C=O) groups is 1. The lowest BCUT2D eigenvalue weighted by atomic mass is 10.1. The van der Waals surface area contributed by atoms with E-state index >= 15 is 0 Å². The Hall–Kier alpha value is -3.33. The Morgan fingerprint density at radius 2 is 2.06 bits per heavy atom. The van der Waals surface area contributed by atoms with E-state index in [2.05, 4.69) is 31.0 Å². The van der Waals surface area contributed by atoms with E-state index in [0.717, 1.165) is 61.3 Å². The van der Waals surface area contributed by atoms with Crippen molar-refractivity contribution < 1.29 is 18.7 Å². The fourth-order valence-electron chi connectivity index (χ4n) is 3.87. The summed E-state index contributed by atoms with van der Waals surface area (Å²) in [5.41, 5.74) is 1.62. The molecule has 0 atom stereocenters. The molecule has 0 saturated heterocycles. The van der Waals surface area contributed by atoms with E-state index in [1.165, 1.54) is 12.5 Å². The first-order valence-electron chi connectivity index (χ1n) is 10.3.